The first kappa shape index (κ1) is 16.5. The first-order valence-electron chi connectivity index (χ1n) is 6.37. The fraction of sp³-hybridized carbons (Fsp3) is 0.0769. The molecule has 0 spiro atoms. The minimum atomic E-state index is -4.07. The van der Waals surface area contributed by atoms with Crippen LogP contribution in [-0.2, 0) is 10.0 Å². The van der Waals surface area contributed by atoms with Gasteiger partial charge in [-0.1, -0.05) is 11.6 Å². The molecule has 0 saturated carbocycles. The van der Waals surface area contributed by atoms with Crippen molar-refractivity contribution < 1.29 is 21.6 Å². The fourth-order valence-electron chi connectivity index (χ4n) is 2.04. The predicted octanol–water partition coefficient (Wildman–Crippen LogP) is 3.42. The summed E-state index contributed by atoms with van der Waals surface area (Å²) in [4.78, 5) is 2.91. The normalized spacial score (nSPS) is 12.0. The molecule has 2 aromatic heterocycles. The molecule has 126 valence electrons. The van der Waals surface area contributed by atoms with Crippen molar-refractivity contribution in [3.63, 3.8) is 0 Å². The molecule has 0 saturated heterocycles. The Labute approximate surface area is 138 Å². The van der Waals surface area contributed by atoms with Crippen molar-refractivity contribution in [2.75, 3.05) is 4.72 Å². The third kappa shape index (κ3) is 3.02. The largest absolute Gasteiger partial charge is 0.333 e. The van der Waals surface area contributed by atoms with Crippen LogP contribution in [0.3, 0.4) is 0 Å². The molecule has 6 nitrogen and oxygen atoms in total. The summed E-state index contributed by atoms with van der Waals surface area (Å²) in [5.41, 5.74) is 0.274. The summed E-state index contributed by atoms with van der Waals surface area (Å²) >= 11 is 5.52. The molecular formula is C13H8ClF3N4O2S. The van der Waals surface area contributed by atoms with E-state index in [-0.39, 0.29) is 16.1 Å². The molecule has 0 fully saturated rings. The molecule has 0 unspecified atom stereocenters. The lowest BCUT2D eigenvalue weighted by Crippen LogP contribution is -2.13. The summed E-state index contributed by atoms with van der Waals surface area (Å²) in [5, 5.41) is 3.42. The van der Waals surface area contributed by atoms with Gasteiger partial charge in [0.15, 0.2) is 0 Å². The molecule has 0 aliphatic rings. The maximum atomic E-state index is 13.0. The molecule has 0 bridgehead atoms. The molecule has 3 aromatic rings. The van der Waals surface area contributed by atoms with E-state index in [1.54, 1.807) is 0 Å². The molecule has 0 aliphatic carbocycles. The van der Waals surface area contributed by atoms with E-state index in [0.717, 1.165) is 12.3 Å². The number of hydrogen-bond donors (Lipinski definition) is 1. The zero-order valence-corrected chi connectivity index (χ0v) is 13.2. The highest BCUT2D eigenvalue weighted by Gasteiger charge is 2.18. The van der Waals surface area contributed by atoms with Crippen LogP contribution in [0, 0.1) is 5.95 Å². The van der Waals surface area contributed by atoms with Crippen molar-refractivity contribution in [3.8, 4) is 0 Å². The fourth-order valence-corrected chi connectivity index (χ4v) is 3.29. The van der Waals surface area contributed by atoms with Crippen LogP contribution in [-0.4, -0.2) is 23.2 Å². The van der Waals surface area contributed by atoms with Crippen molar-refractivity contribution in [1.29, 1.82) is 0 Å². The summed E-state index contributed by atoms with van der Waals surface area (Å²) < 4.78 is 65.7. The highest BCUT2D eigenvalue weighted by atomic mass is 35.5. The highest BCUT2D eigenvalue weighted by Crippen LogP contribution is 2.25. The Bertz CT molecular complexity index is 1020. The Hall–Kier alpha value is -2.33. The van der Waals surface area contributed by atoms with Gasteiger partial charge < -0.3 is 0 Å². The second-order valence-electron chi connectivity index (χ2n) is 4.69. The van der Waals surface area contributed by atoms with Crippen LogP contribution in [0.1, 0.15) is 6.55 Å². The Morgan fingerprint density at radius 2 is 1.96 bits per heavy atom. The van der Waals surface area contributed by atoms with Gasteiger partial charge in [-0.05, 0) is 24.3 Å². The second kappa shape index (κ2) is 5.95. The summed E-state index contributed by atoms with van der Waals surface area (Å²) in [7, 11) is -4.07. The molecule has 0 atom stereocenters. The monoisotopic (exact) mass is 376 g/mol. The van der Waals surface area contributed by atoms with Gasteiger partial charge in [-0.2, -0.15) is 18.3 Å². The van der Waals surface area contributed by atoms with Crippen molar-refractivity contribution >= 4 is 38.2 Å². The first-order valence-corrected chi connectivity index (χ1v) is 8.23. The van der Waals surface area contributed by atoms with Gasteiger partial charge in [0.05, 0.1) is 22.9 Å². The smallest absolute Gasteiger partial charge is 0.280 e. The van der Waals surface area contributed by atoms with Crippen LogP contribution in [0.2, 0.25) is 5.02 Å². The number of anilines is 1. The van der Waals surface area contributed by atoms with E-state index in [0.29, 0.717) is 10.1 Å². The molecule has 0 radical (unpaired) electrons. The Morgan fingerprint density at radius 3 is 2.62 bits per heavy atom. The lowest BCUT2D eigenvalue weighted by Gasteiger charge is -2.09. The summed E-state index contributed by atoms with van der Waals surface area (Å²) in [5.74, 6) is -0.989. The Kier molecular flexibility index (Phi) is 4.10. The Balaban J connectivity index is 1.95. The van der Waals surface area contributed by atoms with Crippen LogP contribution in [0.4, 0.5) is 18.9 Å². The molecule has 2 heterocycles. The van der Waals surface area contributed by atoms with Crippen LogP contribution < -0.4 is 4.72 Å². The van der Waals surface area contributed by atoms with Gasteiger partial charge in [-0.3, -0.25) is 4.72 Å². The minimum Gasteiger partial charge on any atom is -0.280 e. The zero-order valence-electron chi connectivity index (χ0n) is 11.6. The van der Waals surface area contributed by atoms with E-state index in [9.17, 15) is 21.6 Å². The van der Waals surface area contributed by atoms with E-state index in [1.807, 2.05) is 0 Å². The molecule has 1 aromatic carbocycles. The van der Waals surface area contributed by atoms with E-state index in [4.69, 9.17) is 11.6 Å². The van der Waals surface area contributed by atoms with E-state index in [1.165, 1.54) is 24.4 Å². The van der Waals surface area contributed by atoms with Gasteiger partial charge in [-0.15, -0.1) is 0 Å². The number of fused-ring (bicyclic) bond motifs is 1. The average molecular weight is 377 g/mol. The number of halogens is 4. The van der Waals surface area contributed by atoms with Gasteiger partial charge >= 0.3 is 6.55 Å². The number of aromatic nitrogens is 3. The minimum absolute atomic E-state index is 0.122. The quantitative estimate of drug-likeness (QED) is 0.708. The van der Waals surface area contributed by atoms with E-state index < -0.39 is 27.5 Å². The van der Waals surface area contributed by atoms with Crippen LogP contribution in [0.15, 0.2) is 41.6 Å². The van der Waals surface area contributed by atoms with Crippen molar-refractivity contribution in [1.82, 2.24) is 14.8 Å². The zero-order chi connectivity index (χ0) is 17.5. The molecule has 0 amide bonds. The van der Waals surface area contributed by atoms with Crippen molar-refractivity contribution in [2.45, 2.75) is 11.4 Å². The summed E-state index contributed by atoms with van der Waals surface area (Å²) in [6.45, 7) is -2.81. The third-order valence-corrected chi connectivity index (χ3v) is 4.73. The maximum Gasteiger partial charge on any atom is 0.333 e. The van der Waals surface area contributed by atoms with Crippen molar-refractivity contribution in [2.24, 2.45) is 0 Å². The number of nitrogens with one attached hydrogen (secondary N) is 1. The SMILES string of the molecule is O=S(=O)(Nc1ccc2c(cnn2C(F)F)c1)c1cnc(F)c(Cl)c1. The number of nitrogens with zero attached hydrogens (tertiary/aromatic N) is 3. The van der Waals surface area contributed by atoms with Gasteiger partial charge in [0.25, 0.3) is 10.0 Å². The Morgan fingerprint density at radius 1 is 1.21 bits per heavy atom. The molecule has 0 aliphatic heterocycles. The number of rotatable bonds is 4. The first-order chi connectivity index (χ1) is 11.3. The average Bonchev–Trinajstić information content (AvgIpc) is 2.92. The van der Waals surface area contributed by atoms with Crippen molar-refractivity contribution in [3.05, 3.63) is 47.6 Å². The number of sulfonamides is 1. The molecule has 11 heteroatoms. The summed E-state index contributed by atoms with van der Waals surface area (Å²) in [6, 6.07) is 4.87. The van der Waals surface area contributed by atoms with Gasteiger partial charge in [0.1, 0.15) is 4.90 Å². The van der Waals surface area contributed by atoms with Gasteiger partial charge in [-0.25, -0.2) is 18.1 Å². The van der Waals surface area contributed by atoms with Crippen LogP contribution >= 0.6 is 11.6 Å². The number of benzene rings is 1. The van der Waals surface area contributed by atoms with Crippen LogP contribution in [0.25, 0.3) is 10.9 Å². The lowest BCUT2D eigenvalue weighted by atomic mass is 10.2. The lowest BCUT2D eigenvalue weighted by molar-refractivity contribution is 0.0615. The highest BCUT2D eigenvalue weighted by molar-refractivity contribution is 7.92. The van der Waals surface area contributed by atoms with Gasteiger partial charge in [0.2, 0.25) is 5.95 Å². The topological polar surface area (TPSA) is 76.9 Å². The number of hydrogen-bond acceptors (Lipinski definition) is 4. The second-order valence-corrected chi connectivity index (χ2v) is 6.78. The predicted molar refractivity (Wildman–Crippen MR) is 81.0 cm³/mol. The molecule has 24 heavy (non-hydrogen) atoms. The molecule has 3 rings (SSSR count). The van der Waals surface area contributed by atoms with Crippen LogP contribution in [0.5, 0.6) is 0 Å². The standard InChI is InChI=1S/C13H8ClF3N4O2S/c14-10-4-9(6-18-12(10)15)24(22,23)20-8-1-2-11-7(3-8)5-19-21(11)13(16)17/h1-6,13,20H. The molecular weight excluding hydrogens is 369 g/mol. The van der Waals surface area contributed by atoms with E-state index >= 15 is 0 Å². The number of alkyl halides is 2. The van der Waals surface area contributed by atoms with Gasteiger partial charge in [0, 0.05) is 11.1 Å². The maximum absolute atomic E-state index is 13.0. The molecule has 1 N–H and O–H groups in total. The third-order valence-electron chi connectivity index (χ3n) is 3.11. The number of pyridine rings is 1. The van der Waals surface area contributed by atoms with E-state index in [2.05, 4.69) is 14.8 Å². The summed E-state index contributed by atoms with van der Waals surface area (Å²) in [6.07, 6.45) is 2.01.